The minimum atomic E-state index is -1.32. The number of hydrogen-bond donors (Lipinski definition) is 1. The van der Waals surface area contributed by atoms with E-state index in [1.165, 1.54) is 0 Å². The van der Waals surface area contributed by atoms with Crippen LogP contribution in [0.3, 0.4) is 0 Å². The van der Waals surface area contributed by atoms with E-state index in [0.717, 1.165) is 6.42 Å². The molecule has 0 aromatic carbocycles. The van der Waals surface area contributed by atoms with Gasteiger partial charge in [-0.2, -0.15) is 0 Å². The predicted octanol–water partition coefficient (Wildman–Crippen LogP) is 0.0691. The quantitative estimate of drug-likeness (QED) is 0.627. The van der Waals surface area contributed by atoms with Crippen LogP contribution in [0, 0.1) is 0 Å². The zero-order valence-corrected chi connectivity index (χ0v) is 8.80. The summed E-state index contributed by atoms with van der Waals surface area (Å²) in [4.78, 5) is 11.1. The summed E-state index contributed by atoms with van der Waals surface area (Å²) in [5.41, 5.74) is 0. The lowest BCUT2D eigenvalue weighted by atomic mass is 10.5. The summed E-state index contributed by atoms with van der Waals surface area (Å²) in [6.45, 7) is 3.63. The van der Waals surface area contributed by atoms with Crippen molar-refractivity contribution in [3.8, 4) is 0 Å². The SMILES string of the molecule is CCCOC(=O)C(C)S(=O)CCO. The highest BCUT2D eigenvalue weighted by Crippen LogP contribution is 1.99. The molecule has 0 spiro atoms. The number of carbonyl (C=O) groups excluding carboxylic acids is 1. The first-order valence-corrected chi connectivity index (χ1v) is 5.66. The standard InChI is InChI=1S/C8H16O4S/c1-3-5-12-8(10)7(2)13(11)6-4-9/h7,9H,3-6H2,1-2H3. The molecule has 0 saturated heterocycles. The lowest BCUT2D eigenvalue weighted by Crippen LogP contribution is -2.27. The summed E-state index contributed by atoms with van der Waals surface area (Å²) >= 11 is 0. The van der Waals surface area contributed by atoms with Crippen LogP contribution in [0.5, 0.6) is 0 Å². The van der Waals surface area contributed by atoms with Gasteiger partial charge in [0, 0.05) is 16.6 Å². The van der Waals surface area contributed by atoms with Gasteiger partial charge in [-0.3, -0.25) is 9.00 Å². The van der Waals surface area contributed by atoms with E-state index in [-0.39, 0.29) is 12.4 Å². The minimum absolute atomic E-state index is 0.127. The monoisotopic (exact) mass is 208 g/mol. The predicted molar refractivity (Wildman–Crippen MR) is 50.8 cm³/mol. The normalized spacial score (nSPS) is 15.0. The van der Waals surface area contributed by atoms with E-state index in [9.17, 15) is 9.00 Å². The fourth-order valence-electron chi connectivity index (χ4n) is 0.694. The van der Waals surface area contributed by atoms with Gasteiger partial charge in [0.1, 0.15) is 5.25 Å². The molecule has 0 rings (SSSR count). The van der Waals surface area contributed by atoms with Gasteiger partial charge in [-0.05, 0) is 13.3 Å². The molecule has 0 aliphatic heterocycles. The van der Waals surface area contributed by atoms with Crippen molar-refractivity contribution in [1.82, 2.24) is 0 Å². The van der Waals surface area contributed by atoms with Gasteiger partial charge < -0.3 is 9.84 Å². The largest absolute Gasteiger partial charge is 0.465 e. The average Bonchev–Trinajstić information content (AvgIpc) is 2.13. The molecule has 5 heteroatoms. The topological polar surface area (TPSA) is 63.6 Å². The van der Waals surface area contributed by atoms with E-state index in [1.807, 2.05) is 6.92 Å². The number of rotatable bonds is 6. The van der Waals surface area contributed by atoms with Crippen molar-refractivity contribution in [2.45, 2.75) is 25.5 Å². The molecule has 78 valence electrons. The van der Waals surface area contributed by atoms with Crippen molar-refractivity contribution < 1.29 is 18.8 Å². The van der Waals surface area contributed by atoms with Crippen LogP contribution in [-0.2, 0) is 20.3 Å². The van der Waals surface area contributed by atoms with E-state index >= 15 is 0 Å². The van der Waals surface area contributed by atoms with Crippen molar-refractivity contribution in [2.75, 3.05) is 19.0 Å². The summed E-state index contributed by atoms with van der Waals surface area (Å²) in [5.74, 6) is -0.323. The highest BCUT2D eigenvalue weighted by molar-refractivity contribution is 7.86. The Bertz CT molecular complexity index is 181. The second-order valence-electron chi connectivity index (χ2n) is 2.62. The summed E-state index contributed by atoms with van der Waals surface area (Å²) < 4.78 is 16.0. The first-order chi connectivity index (χ1) is 6.13. The lowest BCUT2D eigenvalue weighted by molar-refractivity contribution is -0.142. The van der Waals surface area contributed by atoms with E-state index in [1.54, 1.807) is 6.92 Å². The molecular weight excluding hydrogens is 192 g/mol. The van der Waals surface area contributed by atoms with Gasteiger partial charge in [-0.15, -0.1) is 0 Å². The Morgan fingerprint density at radius 1 is 1.62 bits per heavy atom. The Balaban J connectivity index is 3.87. The van der Waals surface area contributed by atoms with Gasteiger partial charge in [0.15, 0.2) is 0 Å². The molecule has 0 aliphatic rings. The van der Waals surface area contributed by atoms with Gasteiger partial charge >= 0.3 is 5.97 Å². The van der Waals surface area contributed by atoms with Crippen LogP contribution in [0.4, 0.5) is 0 Å². The number of hydrogen-bond acceptors (Lipinski definition) is 4. The molecule has 0 fully saturated rings. The van der Waals surface area contributed by atoms with Crippen LogP contribution in [0.15, 0.2) is 0 Å². The van der Waals surface area contributed by atoms with Crippen molar-refractivity contribution in [3.63, 3.8) is 0 Å². The van der Waals surface area contributed by atoms with Crippen molar-refractivity contribution >= 4 is 16.8 Å². The van der Waals surface area contributed by atoms with Crippen LogP contribution in [0.25, 0.3) is 0 Å². The number of ether oxygens (including phenoxy) is 1. The molecular formula is C8H16O4S. The second kappa shape index (κ2) is 7.03. The molecule has 2 atom stereocenters. The Labute approximate surface area is 80.7 Å². The molecule has 2 unspecified atom stereocenters. The third kappa shape index (κ3) is 5.00. The number of carbonyl (C=O) groups is 1. The molecule has 0 radical (unpaired) electrons. The van der Waals surface area contributed by atoms with E-state index in [0.29, 0.717) is 6.61 Å². The fraction of sp³-hybridized carbons (Fsp3) is 0.875. The summed E-state index contributed by atoms with van der Waals surface area (Å²) in [7, 11) is -1.32. The van der Waals surface area contributed by atoms with Gasteiger partial charge in [-0.1, -0.05) is 6.92 Å². The third-order valence-corrected chi connectivity index (χ3v) is 3.03. The van der Waals surface area contributed by atoms with Gasteiger partial charge in [0.2, 0.25) is 0 Å². The molecule has 0 heterocycles. The smallest absolute Gasteiger partial charge is 0.321 e. The molecule has 0 aromatic rings. The van der Waals surface area contributed by atoms with Crippen LogP contribution < -0.4 is 0 Å². The maximum Gasteiger partial charge on any atom is 0.321 e. The van der Waals surface area contributed by atoms with Crippen LogP contribution in [0.2, 0.25) is 0 Å². The molecule has 13 heavy (non-hydrogen) atoms. The van der Waals surface area contributed by atoms with E-state index in [4.69, 9.17) is 9.84 Å². The van der Waals surface area contributed by atoms with Crippen molar-refractivity contribution in [3.05, 3.63) is 0 Å². The first-order valence-electron chi connectivity index (χ1n) is 4.28. The number of esters is 1. The Kier molecular flexibility index (Phi) is 6.80. The van der Waals surface area contributed by atoms with Gasteiger partial charge in [-0.25, -0.2) is 0 Å². The minimum Gasteiger partial charge on any atom is -0.465 e. The molecule has 0 bridgehead atoms. The van der Waals surface area contributed by atoms with E-state index in [2.05, 4.69) is 0 Å². The van der Waals surface area contributed by atoms with E-state index < -0.39 is 22.0 Å². The molecule has 4 nitrogen and oxygen atoms in total. The maximum absolute atomic E-state index is 11.2. The van der Waals surface area contributed by atoms with Crippen LogP contribution in [0.1, 0.15) is 20.3 Å². The Hall–Kier alpha value is -0.420. The summed E-state index contributed by atoms with van der Waals surface area (Å²) in [6, 6.07) is 0. The number of aliphatic hydroxyl groups is 1. The van der Waals surface area contributed by atoms with Gasteiger partial charge in [0.05, 0.1) is 13.2 Å². The molecule has 0 amide bonds. The average molecular weight is 208 g/mol. The Morgan fingerprint density at radius 2 is 2.23 bits per heavy atom. The highest BCUT2D eigenvalue weighted by atomic mass is 32.2. The molecule has 0 aromatic heterocycles. The molecule has 1 N–H and O–H groups in total. The van der Waals surface area contributed by atoms with Crippen LogP contribution >= 0.6 is 0 Å². The summed E-state index contributed by atoms with van der Waals surface area (Å²) in [5, 5.41) is 7.86. The maximum atomic E-state index is 11.2. The Morgan fingerprint density at radius 3 is 2.69 bits per heavy atom. The molecule has 0 saturated carbocycles. The highest BCUT2D eigenvalue weighted by Gasteiger charge is 2.20. The summed E-state index contributed by atoms with van der Waals surface area (Å²) in [6.07, 6.45) is 0.755. The van der Waals surface area contributed by atoms with Crippen molar-refractivity contribution in [1.29, 1.82) is 0 Å². The van der Waals surface area contributed by atoms with Gasteiger partial charge in [0.25, 0.3) is 0 Å². The second-order valence-corrected chi connectivity index (χ2v) is 4.50. The first kappa shape index (κ1) is 12.6. The fourth-order valence-corrected chi connectivity index (χ4v) is 1.51. The van der Waals surface area contributed by atoms with Crippen LogP contribution in [-0.4, -0.2) is 39.5 Å². The third-order valence-electron chi connectivity index (χ3n) is 1.47. The zero-order valence-electron chi connectivity index (χ0n) is 7.99. The number of aliphatic hydroxyl groups excluding tert-OH is 1. The zero-order chi connectivity index (χ0) is 10.3. The molecule has 0 aliphatic carbocycles. The lowest BCUT2D eigenvalue weighted by Gasteiger charge is -2.09. The van der Waals surface area contributed by atoms with Crippen molar-refractivity contribution in [2.24, 2.45) is 0 Å².